The van der Waals surface area contributed by atoms with Gasteiger partial charge < -0.3 is 13.4 Å². The van der Waals surface area contributed by atoms with Gasteiger partial charge in [0.15, 0.2) is 0 Å². The van der Waals surface area contributed by atoms with Crippen molar-refractivity contribution in [1.82, 2.24) is 0 Å². The van der Waals surface area contributed by atoms with Crippen LogP contribution in [0.4, 0.5) is 0 Å². The van der Waals surface area contributed by atoms with E-state index in [1.54, 1.807) is 0 Å². The first-order chi connectivity index (χ1) is 10.0. The van der Waals surface area contributed by atoms with Gasteiger partial charge in [-0.15, -0.1) is 0 Å². The van der Waals surface area contributed by atoms with Crippen LogP contribution in [0.3, 0.4) is 0 Å². The third kappa shape index (κ3) is 6.10. The van der Waals surface area contributed by atoms with Gasteiger partial charge in [-0.3, -0.25) is 0 Å². The zero-order valence-corrected chi connectivity index (χ0v) is 13.5. The topological polar surface area (TPSA) is 18.5 Å². The maximum Gasteiger partial charge on any atom is 0.229 e. The molecule has 4 heteroatoms. The summed E-state index contributed by atoms with van der Waals surface area (Å²) in [6.07, 6.45) is 0. The molecule has 0 aliphatic carbocycles. The maximum atomic E-state index is 6.03. The molecule has 0 aliphatic heterocycles. The molecule has 0 heterocycles. The van der Waals surface area contributed by atoms with Gasteiger partial charge in [-0.1, -0.05) is 36.4 Å². The number of benzene rings is 2. The van der Waals surface area contributed by atoms with E-state index in [9.17, 15) is 0 Å². The molecule has 0 fully saturated rings. The lowest BCUT2D eigenvalue weighted by molar-refractivity contribution is -0.871. The first-order valence-electron chi connectivity index (χ1n) is 6.93. The molecule has 3 nitrogen and oxygen atoms in total. The fourth-order valence-electron chi connectivity index (χ4n) is 1.77. The Morgan fingerprint density at radius 1 is 0.857 bits per heavy atom. The normalized spacial score (nSPS) is 12.7. The molecule has 0 radical (unpaired) electrons. The number of para-hydroxylation sites is 2. The van der Waals surface area contributed by atoms with Crippen LogP contribution in [-0.2, 0) is 0 Å². The number of ether oxygens (including phenoxy) is 1. The molecule has 0 bridgehead atoms. The fraction of sp³-hybridized carbons (Fsp3) is 0.294. The predicted molar refractivity (Wildman–Crippen MR) is 88.4 cm³/mol. The molecule has 0 aromatic heterocycles. The van der Waals surface area contributed by atoms with Crippen molar-refractivity contribution >= 4 is 12.0 Å². The monoisotopic (exact) mass is 304 g/mol. The summed E-state index contributed by atoms with van der Waals surface area (Å²) in [7, 11) is 6.43. The molecule has 0 aliphatic rings. The van der Waals surface area contributed by atoms with Crippen LogP contribution in [0.5, 0.6) is 11.5 Å². The Bertz CT molecular complexity index is 525. The van der Waals surface area contributed by atoms with Crippen molar-refractivity contribution in [3.05, 3.63) is 60.7 Å². The van der Waals surface area contributed by atoms with Gasteiger partial charge in [-0.2, -0.15) is 0 Å². The Hall–Kier alpha value is -1.65. The second-order valence-electron chi connectivity index (χ2n) is 5.83. The van der Waals surface area contributed by atoms with Crippen LogP contribution in [0.2, 0.25) is 0 Å². The average Bonchev–Trinajstić information content (AvgIpc) is 2.45. The van der Waals surface area contributed by atoms with Crippen LogP contribution in [0.1, 0.15) is 0 Å². The lowest BCUT2D eigenvalue weighted by Crippen LogP contribution is -2.42. The highest BCUT2D eigenvalue weighted by Crippen LogP contribution is 2.23. The molecule has 21 heavy (non-hydrogen) atoms. The molecule has 2 aromatic rings. The molecule has 2 rings (SSSR count). The van der Waals surface area contributed by atoms with E-state index in [4.69, 9.17) is 8.92 Å². The summed E-state index contributed by atoms with van der Waals surface area (Å²) in [5.74, 6) is 1.70. The standard InChI is InChI=1S/C17H22NO2S/c1-18(2,3)14-17(19-15-10-6-4-7-11-15)21-20-16-12-8-5-9-13-16/h4-13,17H,14H2,1-3H3/q+1. The molecular formula is C17H22NO2S+. The second-order valence-corrected chi connectivity index (χ2v) is 6.71. The molecule has 0 amide bonds. The summed E-state index contributed by atoms with van der Waals surface area (Å²) < 4.78 is 12.6. The van der Waals surface area contributed by atoms with E-state index < -0.39 is 0 Å². The van der Waals surface area contributed by atoms with E-state index in [2.05, 4.69) is 21.1 Å². The number of hydrogen-bond donors (Lipinski definition) is 0. The zero-order valence-electron chi connectivity index (χ0n) is 12.7. The molecule has 112 valence electrons. The van der Waals surface area contributed by atoms with Crippen molar-refractivity contribution in [2.24, 2.45) is 0 Å². The molecular weight excluding hydrogens is 282 g/mol. The molecule has 0 spiro atoms. The summed E-state index contributed by atoms with van der Waals surface area (Å²) in [5.41, 5.74) is -0.0763. The number of hydrogen-bond acceptors (Lipinski definition) is 3. The second kappa shape index (κ2) is 7.38. The van der Waals surface area contributed by atoms with Gasteiger partial charge in [-0.05, 0) is 24.3 Å². The fourth-order valence-corrected chi connectivity index (χ4v) is 2.76. The van der Waals surface area contributed by atoms with Crippen LogP contribution in [0, 0.1) is 0 Å². The first-order valence-corrected chi connectivity index (χ1v) is 7.74. The highest BCUT2D eigenvalue weighted by atomic mass is 32.2. The zero-order chi connectivity index (χ0) is 15.1. The van der Waals surface area contributed by atoms with Crippen LogP contribution in [0.15, 0.2) is 60.7 Å². The molecule has 1 unspecified atom stereocenters. The summed E-state index contributed by atoms with van der Waals surface area (Å²) in [5, 5.41) is 0. The maximum absolute atomic E-state index is 6.03. The van der Waals surface area contributed by atoms with E-state index in [-0.39, 0.29) is 5.44 Å². The molecule has 0 saturated carbocycles. The Morgan fingerprint density at radius 3 is 1.90 bits per heavy atom. The van der Waals surface area contributed by atoms with Crippen molar-refractivity contribution in [2.75, 3.05) is 27.7 Å². The lowest BCUT2D eigenvalue weighted by atomic mass is 10.3. The van der Waals surface area contributed by atoms with Crippen molar-refractivity contribution in [1.29, 1.82) is 0 Å². The highest BCUT2D eigenvalue weighted by molar-refractivity contribution is 7.95. The van der Waals surface area contributed by atoms with Crippen molar-refractivity contribution < 1.29 is 13.4 Å². The van der Waals surface area contributed by atoms with Crippen LogP contribution in [0.25, 0.3) is 0 Å². The van der Waals surface area contributed by atoms with E-state index in [1.165, 1.54) is 12.0 Å². The van der Waals surface area contributed by atoms with Gasteiger partial charge in [-0.25, -0.2) is 0 Å². The third-order valence-electron chi connectivity index (χ3n) is 2.70. The quantitative estimate of drug-likeness (QED) is 0.440. The molecule has 1 atom stereocenters. The van der Waals surface area contributed by atoms with Crippen LogP contribution < -0.4 is 8.92 Å². The average molecular weight is 304 g/mol. The minimum absolute atomic E-state index is 0.0763. The number of nitrogens with zero attached hydrogens (tertiary/aromatic N) is 1. The van der Waals surface area contributed by atoms with Crippen molar-refractivity contribution in [2.45, 2.75) is 5.44 Å². The van der Waals surface area contributed by atoms with Gasteiger partial charge >= 0.3 is 0 Å². The highest BCUT2D eigenvalue weighted by Gasteiger charge is 2.22. The van der Waals surface area contributed by atoms with E-state index in [1.807, 2.05) is 60.7 Å². The summed E-state index contributed by atoms with van der Waals surface area (Å²) >= 11 is 1.36. The van der Waals surface area contributed by atoms with E-state index in [0.29, 0.717) is 0 Å². The number of quaternary nitrogens is 1. The van der Waals surface area contributed by atoms with Gasteiger partial charge in [0.2, 0.25) is 5.44 Å². The van der Waals surface area contributed by atoms with Crippen LogP contribution in [-0.4, -0.2) is 37.6 Å². The Morgan fingerprint density at radius 2 is 1.38 bits per heavy atom. The van der Waals surface area contributed by atoms with E-state index >= 15 is 0 Å². The van der Waals surface area contributed by atoms with Gasteiger partial charge in [0.1, 0.15) is 30.1 Å². The number of likely N-dealkylation sites (N-methyl/N-ethyl adjacent to an activating group) is 1. The SMILES string of the molecule is C[N+](C)(C)CC(Oc1ccccc1)SOc1ccccc1. The smallest absolute Gasteiger partial charge is 0.229 e. The van der Waals surface area contributed by atoms with E-state index in [0.717, 1.165) is 22.5 Å². The summed E-state index contributed by atoms with van der Waals surface area (Å²) in [4.78, 5) is 0. The third-order valence-corrected chi connectivity index (χ3v) is 3.45. The molecule has 0 N–H and O–H groups in total. The van der Waals surface area contributed by atoms with Crippen molar-refractivity contribution in [3.8, 4) is 11.5 Å². The van der Waals surface area contributed by atoms with Gasteiger partial charge in [0.25, 0.3) is 0 Å². The first kappa shape index (κ1) is 15.7. The molecule has 0 saturated heterocycles. The Labute approximate surface area is 131 Å². The molecule has 2 aromatic carbocycles. The van der Waals surface area contributed by atoms with Gasteiger partial charge in [0.05, 0.1) is 21.1 Å². The largest absolute Gasteiger partial charge is 0.470 e. The van der Waals surface area contributed by atoms with Gasteiger partial charge in [0, 0.05) is 0 Å². The number of rotatable bonds is 7. The Kier molecular flexibility index (Phi) is 5.53. The minimum Gasteiger partial charge on any atom is -0.470 e. The summed E-state index contributed by atoms with van der Waals surface area (Å²) in [6, 6.07) is 19.6. The lowest BCUT2D eigenvalue weighted by Gasteiger charge is -2.28. The Balaban J connectivity index is 1.98. The predicted octanol–water partition coefficient (Wildman–Crippen LogP) is 3.82. The van der Waals surface area contributed by atoms with Crippen molar-refractivity contribution in [3.63, 3.8) is 0 Å². The minimum atomic E-state index is -0.0763. The van der Waals surface area contributed by atoms with Crippen LogP contribution >= 0.6 is 12.0 Å². The summed E-state index contributed by atoms with van der Waals surface area (Å²) in [6.45, 7) is 0.840.